The minimum absolute atomic E-state index is 0.0313. The zero-order chi connectivity index (χ0) is 19.1. The van der Waals surface area contributed by atoms with Crippen molar-refractivity contribution in [1.82, 2.24) is 0 Å². The molecule has 0 bridgehead atoms. The van der Waals surface area contributed by atoms with Gasteiger partial charge in [0.15, 0.2) is 11.6 Å². The van der Waals surface area contributed by atoms with Crippen LogP contribution < -0.4 is 0 Å². The van der Waals surface area contributed by atoms with E-state index in [4.69, 9.17) is 9.47 Å². The molecule has 7 unspecified atom stereocenters. The standard InChI is InChI=1S/C23H36O4/c1-15(24)22(25)11-10-20(2)16(14-22)4-5-17-18(20)6-8-21(3)19(17)7-9-23(21)26-12-13-27-23/h16-19,25H,4-14H2,1-3H3. The van der Waals surface area contributed by atoms with Crippen molar-refractivity contribution in [3.05, 3.63) is 0 Å². The summed E-state index contributed by atoms with van der Waals surface area (Å²) in [5.74, 6) is 2.31. The molecule has 4 aliphatic carbocycles. The fourth-order valence-corrected chi connectivity index (χ4v) is 8.45. The average Bonchev–Trinajstić information content (AvgIpc) is 3.22. The summed E-state index contributed by atoms with van der Waals surface area (Å²) in [7, 11) is 0. The van der Waals surface area contributed by atoms with Gasteiger partial charge in [-0.15, -0.1) is 0 Å². The third-order valence-corrected chi connectivity index (χ3v) is 10.2. The van der Waals surface area contributed by atoms with Crippen LogP contribution >= 0.6 is 0 Å². The Kier molecular flexibility index (Phi) is 3.99. The highest BCUT2D eigenvalue weighted by molar-refractivity contribution is 5.84. The van der Waals surface area contributed by atoms with E-state index in [0.29, 0.717) is 24.7 Å². The molecule has 0 aromatic carbocycles. The second kappa shape index (κ2) is 5.79. The van der Waals surface area contributed by atoms with Gasteiger partial charge in [-0.25, -0.2) is 0 Å². The van der Waals surface area contributed by atoms with Crippen molar-refractivity contribution in [3.8, 4) is 0 Å². The summed E-state index contributed by atoms with van der Waals surface area (Å²) in [5, 5.41) is 10.8. The first-order valence-electron chi connectivity index (χ1n) is 11.3. The lowest BCUT2D eigenvalue weighted by molar-refractivity contribution is -0.248. The number of aliphatic hydroxyl groups is 1. The number of rotatable bonds is 1. The third kappa shape index (κ3) is 2.30. The number of hydrogen-bond donors (Lipinski definition) is 1. The van der Waals surface area contributed by atoms with Crippen molar-refractivity contribution in [2.24, 2.45) is 34.5 Å². The molecule has 1 N–H and O–H groups in total. The number of carbonyl (C=O) groups excluding carboxylic acids is 1. The molecule has 0 amide bonds. The molecule has 0 radical (unpaired) electrons. The Morgan fingerprint density at radius 3 is 2.33 bits per heavy atom. The molecule has 7 atom stereocenters. The van der Waals surface area contributed by atoms with E-state index in [2.05, 4.69) is 13.8 Å². The Bertz CT molecular complexity index is 640. The van der Waals surface area contributed by atoms with Gasteiger partial charge in [-0.1, -0.05) is 13.8 Å². The number of Topliss-reactive ketones (excluding diaryl/α,β-unsaturated/α-hetero) is 1. The number of hydrogen-bond acceptors (Lipinski definition) is 4. The van der Waals surface area contributed by atoms with Crippen LogP contribution in [0.2, 0.25) is 0 Å². The Labute approximate surface area is 163 Å². The topological polar surface area (TPSA) is 55.8 Å². The first kappa shape index (κ1) is 18.6. The summed E-state index contributed by atoms with van der Waals surface area (Å²) < 4.78 is 12.5. The van der Waals surface area contributed by atoms with Crippen LogP contribution in [-0.2, 0) is 14.3 Å². The van der Waals surface area contributed by atoms with Gasteiger partial charge in [0, 0.05) is 11.8 Å². The molecule has 1 spiro atoms. The number of fused-ring (bicyclic) bond motifs is 6. The maximum atomic E-state index is 12.0. The second-order valence-corrected chi connectivity index (χ2v) is 10.9. The molecule has 1 saturated heterocycles. The first-order chi connectivity index (χ1) is 12.7. The molecule has 0 aromatic rings. The monoisotopic (exact) mass is 376 g/mol. The van der Waals surface area contributed by atoms with E-state index in [1.165, 1.54) is 25.7 Å². The molecule has 152 valence electrons. The van der Waals surface area contributed by atoms with Gasteiger partial charge in [-0.05, 0) is 87.4 Å². The Hall–Kier alpha value is -0.450. The molecule has 4 nitrogen and oxygen atoms in total. The van der Waals surface area contributed by atoms with E-state index in [9.17, 15) is 9.90 Å². The summed E-state index contributed by atoms with van der Waals surface area (Å²) in [5.41, 5.74) is -0.634. The molecule has 5 fully saturated rings. The van der Waals surface area contributed by atoms with E-state index >= 15 is 0 Å². The first-order valence-corrected chi connectivity index (χ1v) is 11.3. The van der Waals surface area contributed by atoms with E-state index in [-0.39, 0.29) is 22.4 Å². The Morgan fingerprint density at radius 1 is 0.926 bits per heavy atom. The van der Waals surface area contributed by atoms with Crippen LogP contribution in [0.4, 0.5) is 0 Å². The van der Waals surface area contributed by atoms with Crippen LogP contribution in [0, 0.1) is 34.5 Å². The maximum Gasteiger partial charge on any atom is 0.174 e. The highest BCUT2D eigenvalue weighted by Gasteiger charge is 2.67. The smallest absolute Gasteiger partial charge is 0.174 e. The lowest BCUT2D eigenvalue weighted by atomic mass is 9.44. The zero-order valence-electron chi connectivity index (χ0n) is 17.3. The second-order valence-electron chi connectivity index (χ2n) is 10.9. The fraction of sp³-hybridized carbons (Fsp3) is 0.957. The van der Waals surface area contributed by atoms with E-state index < -0.39 is 5.60 Å². The van der Waals surface area contributed by atoms with Gasteiger partial charge in [0.25, 0.3) is 0 Å². The summed E-state index contributed by atoms with van der Waals surface area (Å²) in [6.07, 6.45) is 9.46. The highest BCUT2D eigenvalue weighted by atomic mass is 16.7. The van der Waals surface area contributed by atoms with Gasteiger partial charge in [0.05, 0.1) is 13.2 Å². The molecule has 27 heavy (non-hydrogen) atoms. The molecular weight excluding hydrogens is 340 g/mol. The number of ketones is 1. The molecule has 4 heteroatoms. The molecule has 1 aliphatic heterocycles. The van der Waals surface area contributed by atoms with Gasteiger partial charge < -0.3 is 14.6 Å². The van der Waals surface area contributed by atoms with E-state index in [1.807, 2.05) is 0 Å². The van der Waals surface area contributed by atoms with Crippen molar-refractivity contribution in [3.63, 3.8) is 0 Å². The lowest BCUT2D eigenvalue weighted by Crippen LogP contribution is -2.59. The van der Waals surface area contributed by atoms with Crippen LogP contribution in [0.3, 0.4) is 0 Å². The maximum absolute atomic E-state index is 12.0. The molecule has 1 heterocycles. The van der Waals surface area contributed by atoms with Crippen molar-refractivity contribution in [1.29, 1.82) is 0 Å². The predicted octanol–water partition coefficient (Wildman–Crippen LogP) is 4.09. The number of ether oxygens (including phenoxy) is 2. The molecule has 5 aliphatic rings. The van der Waals surface area contributed by atoms with Crippen LogP contribution in [0.25, 0.3) is 0 Å². The average molecular weight is 377 g/mol. The van der Waals surface area contributed by atoms with Gasteiger partial charge in [0.2, 0.25) is 0 Å². The lowest BCUT2D eigenvalue weighted by Gasteiger charge is -2.62. The van der Waals surface area contributed by atoms with E-state index in [0.717, 1.165) is 44.3 Å². The Balaban J connectivity index is 1.42. The Morgan fingerprint density at radius 2 is 1.63 bits per heavy atom. The summed E-state index contributed by atoms with van der Waals surface area (Å²) in [4.78, 5) is 12.0. The zero-order valence-corrected chi connectivity index (χ0v) is 17.3. The molecule has 0 aromatic heterocycles. The number of carbonyl (C=O) groups is 1. The van der Waals surface area contributed by atoms with Crippen molar-refractivity contribution in [2.75, 3.05) is 13.2 Å². The van der Waals surface area contributed by atoms with Crippen LogP contribution in [0.15, 0.2) is 0 Å². The van der Waals surface area contributed by atoms with Gasteiger partial charge in [-0.2, -0.15) is 0 Å². The normalized spacial score (nSPS) is 53.6. The fourth-order valence-electron chi connectivity index (χ4n) is 8.45. The highest BCUT2D eigenvalue weighted by Crippen LogP contribution is 2.69. The summed E-state index contributed by atoms with van der Waals surface area (Å²) in [6.45, 7) is 7.99. The molecule has 4 saturated carbocycles. The summed E-state index contributed by atoms with van der Waals surface area (Å²) >= 11 is 0. The SMILES string of the molecule is CC(=O)C1(O)CCC2(C)C(CCC3C2CCC2(C)C3CCC23OCCO3)C1. The van der Waals surface area contributed by atoms with E-state index in [1.54, 1.807) is 6.92 Å². The largest absolute Gasteiger partial charge is 0.382 e. The molecular formula is C23H36O4. The van der Waals surface area contributed by atoms with Crippen LogP contribution in [0.1, 0.15) is 78.6 Å². The minimum atomic E-state index is -1.07. The predicted molar refractivity (Wildman–Crippen MR) is 102 cm³/mol. The van der Waals surface area contributed by atoms with Crippen molar-refractivity contribution >= 4 is 5.78 Å². The van der Waals surface area contributed by atoms with Crippen molar-refractivity contribution in [2.45, 2.75) is 89.9 Å². The van der Waals surface area contributed by atoms with Crippen LogP contribution in [0.5, 0.6) is 0 Å². The molecule has 5 rings (SSSR count). The summed E-state index contributed by atoms with van der Waals surface area (Å²) in [6, 6.07) is 0. The minimum Gasteiger partial charge on any atom is -0.382 e. The van der Waals surface area contributed by atoms with Gasteiger partial charge in [-0.3, -0.25) is 4.79 Å². The van der Waals surface area contributed by atoms with Crippen molar-refractivity contribution < 1.29 is 19.4 Å². The quantitative estimate of drug-likeness (QED) is 0.749. The van der Waals surface area contributed by atoms with Crippen LogP contribution in [-0.4, -0.2) is 35.5 Å². The van der Waals surface area contributed by atoms with Gasteiger partial charge in [0.1, 0.15) is 5.60 Å². The van der Waals surface area contributed by atoms with Gasteiger partial charge >= 0.3 is 0 Å². The third-order valence-electron chi connectivity index (χ3n) is 10.2.